The van der Waals surface area contributed by atoms with Crippen molar-refractivity contribution in [1.82, 2.24) is 0 Å². The molecule has 2 aromatic rings. The molecular formula is C16H16ClNO3. The molecule has 2 rings (SSSR count). The molecule has 0 amide bonds. The van der Waals surface area contributed by atoms with Gasteiger partial charge < -0.3 is 15.6 Å². The quantitative estimate of drug-likeness (QED) is 0.890. The smallest absolute Gasteiger partial charge is 0.320 e. The molecule has 0 saturated heterocycles. The molecule has 0 fully saturated rings. The SMILES string of the molecule is COc1cccc(Cl)c1-c1ccccc1C[C@H](N)C(=O)O. The van der Waals surface area contributed by atoms with Gasteiger partial charge in [0.05, 0.1) is 12.1 Å². The Morgan fingerprint density at radius 1 is 1.29 bits per heavy atom. The first kappa shape index (κ1) is 15.4. The van der Waals surface area contributed by atoms with E-state index in [9.17, 15) is 4.79 Å². The highest BCUT2D eigenvalue weighted by atomic mass is 35.5. The third-order valence-corrected chi connectivity index (χ3v) is 3.55. The molecule has 0 heterocycles. The molecular weight excluding hydrogens is 290 g/mol. The number of hydrogen-bond donors (Lipinski definition) is 2. The molecule has 4 nitrogen and oxygen atoms in total. The van der Waals surface area contributed by atoms with Crippen molar-refractivity contribution in [2.24, 2.45) is 5.73 Å². The van der Waals surface area contributed by atoms with E-state index in [1.54, 1.807) is 19.2 Å². The number of hydrogen-bond acceptors (Lipinski definition) is 3. The lowest BCUT2D eigenvalue weighted by atomic mass is 9.94. The Kier molecular flexibility index (Phi) is 4.83. The predicted molar refractivity (Wildman–Crippen MR) is 82.8 cm³/mol. The number of carbonyl (C=O) groups is 1. The number of methoxy groups -OCH3 is 1. The summed E-state index contributed by atoms with van der Waals surface area (Å²) in [4.78, 5) is 11.0. The van der Waals surface area contributed by atoms with E-state index in [2.05, 4.69) is 0 Å². The number of halogens is 1. The fourth-order valence-electron chi connectivity index (χ4n) is 2.20. The van der Waals surface area contributed by atoms with Gasteiger partial charge in [0.1, 0.15) is 11.8 Å². The number of ether oxygens (including phenoxy) is 1. The summed E-state index contributed by atoms with van der Waals surface area (Å²) in [5, 5.41) is 9.53. The van der Waals surface area contributed by atoms with Gasteiger partial charge >= 0.3 is 5.97 Å². The van der Waals surface area contributed by atoms with E-state index in [-0.39, 0.29) is 6.42 Å². The van der Waals surface area contributed by atoms with E-state index in [4.69, 9.17) is 27.2 Å². The first-order valence-corrected chi connectivity index (χ1v) is 6.81. The van der Waals surface area contributed by atoms with E-state index >= 15 is 0 Å². The molecule has 1 atom stereocenters. The molecule has 0 spiro atoms. The molecule has 0 aliphatic heterocycles. The van der Waals surface area contributed by atoms with Crippen molar-refractivity contribution in [2.75, 3.05) is 7.11 Å². The molecule has 0 radical (unpaired) electrons. The fourth-order valence-corrected chi connectivity index (χ4v) is 2.47. The number of benzene rings is 2. The molecule has 5 heteroatoms. The van der Waals surface area contributed by atoms with Crippen LogP contribution in [-0.4, -0.2) is 24.2 Å². The van der Waals surface area contributed by atoms with Crippen molar-refractivity contribution in [3.8, 4) is 16.9 Å². The molecule has 0 saturated carbocycles. The maximum absolute atomic E-state index is 11.0. The molecule has 0 bridgehead atoms. The van der Waals surface area contributed by atoms with Gasteiger partial charge in [-0.05, 0) is 29.7 Å². The van der Waals surface area contributed by atoms with Crippen LogP contribution in [0.5, 0.6) is 5.75 Å². The zero-order valence-electron chi connectivity index (χ0n) is 11.5. The molecule has 21 heavy (non-hydrogen) atoms. The van der Waals surface area contributed by atoms with Crippen LogP contribution in [0.25, 0.3) is 11.1 Å². The lowest BCUT2D eigenvalue weighted by molar-refractivity contribution is -0.138. The zero-order chi connectivity index (χ0) is 15.4. The average molecular weight is 306 g/mol. The summed E-state index contributed by atoms with van der Waals surface area (Å²) >= 11 is 6.29. The van der Waals surface area contributed by atoms with Gasteiger partial charge in [0.25, 0.3) is 0 Å². The van der Waals surface area contributed by atoms with Gasteiger partial charge in [-0.2, -0.15) is 0 Å². The average Bonchev–Trinajstić information content (AvgIpc) is 2.47. The van der Waals surface area contributed by atoms with Gasteiger partial charge in [0.15, 0.2) is 0 Å². The second-order valence-electron chi connectivity index (χ2n) is 4.62. The van der Waals surface area contributed by atoms with Crippen LogP contribution >= 0.6 is 11.6 Å². The van der Waals surface area contributed by atoms with Gasteiger partial charge in [-0.15, -0.1) is 0 Å². The van der Waals surface area contributed by atoms with Crippen molar-refractivity contribution in [3.63, 3.8) is 0 Å². The Balaban J connectivity index is 2.53. The number of carboxylic acid groups (broad SMARTS) is 1. The minimum Gasteiger partial charge on any atom is -0.496 e. The van der Waals surface area contributed by atoms with E-state index < -0.39 is 12.0 Å². The number of nitrogens with two attached hydrogens (primary N) is 1. The van der Waals surface area contributed by atoms with Crippen LogP contribution in [-0.2, 0) is 11.2 Å². The third-order valence-electron chi connectivity index (χ3n) is 3.24. The summed E-state index contributed by atoms with van der Waals surface area (Å²) < 4.78 is 5.36. The highest BCUT2D eigenvalue weighted by Gasteiger charge is 2.18. The fraction of sp³-hybridized carbons (Fsp3) is 0.188. The topological polar surface area (TPSA) is 72.5 Å². The Morgan fingerprint density at radius 3 is 2.67 bits per heavy atom. The van der Waals surface area contributed by atoms with E-state index in [1.165, 1.54) is 0 Å². The minimum absolute atomic E-state index is 0.222. The standard InChI is InChI=1S/C16H16ClNO3/c1-21-14-8-4-7-12(17)15(14)11-6-3-2-5-10(11)9-13(18)16(19)20/h2-8,13H,9,18H2,1H3,(H,19,20)/t13-/m0/s1. The molecule has 3 N–H and O–H groups in total. The van der Waals surface area contributed by atoms with Crippen LogP contribution in [0.15, 0.2) is 42.5 Å². The Morgan fingerprint density at radius 2 is 2.00 bits per heavy atom. The van der Waals surface area contributed by atoms with Crippen LogP contribution in [0, 0.1) is 0 Å². The normalized spacial score (nSPS) is 12.0. The highest BCUT2D eigenvalue weighted by Crippen LogP contribution is 2.38. The molecule has 2 aromatic carbocycles. The highest BCUT2D eigenvalue weighted by molar-refractivity contribution is 6.33. The lowest BCUT2D eigenvalue weighted by Crippen LogP contribution is -2.32. The number of rotatable bonds is 5. The number of aliphatic carboxylic acids is 1. The van der Waals surface area contributed by atoms with Crippen LogP contribution in [0.2, 0.25) is 5.02 Å². The second-order valence-corrected chi connectivity index (χ2v) is 5.03. The Hall–Kier alpha value is -2.04. The van der Waals surface area contributed by atoms with Gasteiger partial charge in [0.2, 0.25) is 0 Å². The zero-order valence-corrected chi connectivity index (χ0v) is 12.3. The van der Waals surface area contributed by atoms with Gasteiger partial charge in [-0.3, -0.25) is 4.79 Å². The summed E-state index contributed by atoms with van der Waals surface area (Å²) in [5.74, 6) is -0.394. The largest absolute Gasteiger partial charge is 0.496 e. The van der Waals surface area contributed by atoms with Crippen molar-refractivity contribution in [3.05, 3.63) is 53.1 Å². The summed E-state index contributed by atoms with van der Waals surface area (Å²) in [6.07, 6.45) is 0.222. The molecule has 110 valence electrons. The summed E-state index contributed by atoms with van der Waals surface area (Å²) in [7, 11) is 1.57. The van der Waals surface area contributed by atoms with Crippen molar-refractivity contribution >= 4 is 17.6 Å². The first-order chi connectivity index (χ1) is 10.0. The van der Waals surface area contributed by atoms with Crippen molar-refractivity contribution < 1.29 is 14.6 Å². The van der Waals surface area contributed by atoms with Crippen LogP contribution in [0.1, 0.15) is 5.56 Å². The van der Waals surface area contributed by atoms with Crippen LogP contribution in [0.4, 0.5) is 0 Å². The molecule has 0 aliphatic rings. The lowest BCUT2D eigenvalue weighted by Gasteiger charge is -2.15. The number of carboxylic acids is 1. The van der Waals surface area contributed by atoms with E-state index in [0.717, 1.165) is 16.7 Å². The molecule has 0 aliphatic carbocycles. The minimum atomic E-state index is -1.03. The summed E-state index contributed by atoms with van der Waals surface area (Å²) in [6, 6.07) is 11.9. The van der Waals surface area contributed by atoms with E-state index in [1.807, 2.05) is 30.3 Å². The van der Waals surface area contributed by atoms with Gasteiger partial charge in [-0.25, -0.2) is 0 Å². The van der Waals surface area contributed by atoms with Crippen molar-refractivity contribution in [1.29, 1.82) is 0 Å². The first-order valence-electron chi connectivity index (χ1n) is 6.43. The summed E-state index contributed by atoms with van der Waals surface area (Å²) in [6.45, 7) is 0. The van der Waals surface area contributed by atoms with Crippen LogP contribution in [0.3, 0.4) is 0 Å². The molecule has 0 unspecified atom stereocenters. The monoisotopic (exact) mass is 305 g/mol. The maximum Gasteiger partial charge on any atom is 0.320 e. The Bertz CT molecular complexity index is 658. The van der Waals surface area contributed by atoms with Gasteiger partial charge in [0, 0.05) is 5.56 Å². The second kappa shape index (κ2) is 6.61. The van der Waals surface area contributed by atoms with E-state index in [0.29, 0.717) is 10.8 Å². The predicted octanol–water partition coefficient (Wildman–Crippen LogP) is 2.97. The summed E-state index contributed by atoms with van der Waals surface area (Å²) in [5.41, 5.74) is 8.03. The maximum atomic E-state index is 11.0. The van der Waals surface area contributed by atoms with Gasteiger partial charge in [-0.1, -0.05) is 41.9 Å². The van der Waals surface area contributed by atoms with Crippen molar-refractivity contribution in [2.45, 2.75) is 12.5 Å². The Labute approximate surface area is 128 Å². The third kappa shape index (κ3) is 3.35. The van der Waals surface area contributed by atoms with Crippen LogP contribution < -0.4 is 10.5 Å². The molecule has 0 aromatic heterocycles.